The predicted molar refractivity (Wildman–Crippen MR) is 114 cm³/mol. The van der Waals surface area contributed by atoms with Crippen molar-refractivity contribution in [3.05, 3.63) is 56.5 Å². The van der Waals surface area contributed by atoms with Crippen LogP contribution in [0.2, 0.25) is 0 Å². The molecule has 1 N–H and O–H groups in total. The lowest BCUT2D eigenvalue weighted by atomic mass is 9.91. The Kier molecular flexibility index (Phi) is 6.25. The van der Waals surface area contributed by atoms with Crippen molar-refractivity contribution in [1.29, 1.82) is 0 Å². The number of methoxy groups -OCH3 is 1. The zero-order chi connectivity index (χ0) is 22.0. The van der Waals surface area contributed by atoms with Gasteiger partial charge in [-0.15, -0.1) is 0 Å². The summed E-state index contributed by atoms with van der Waals surface area (Å²) in [4.78, 5) is 37.3. The van der Waals surface area contributed by atoms with Crippen LogP contribution in [0.25, 0.3) is 11.0 Å². The number of carbonyl (C=O) groups is 2. The van der Waals surface area contributed by atoms with Crippen molar-refractivity contribution in [3.8, 4) is 11.5 Å². The first-order valence-electron chi connectivity index (χ1n) is 9.95. The molecule has 0 unspecified atom stereocenters. The Morgan fingerprint density at radius 3 is 2.57 bits per heavy atom. The fourth-order valence-corrected chi connectivity index (χ4v) is 3.75. The van der Waals surface area contributed by atoms with Gasteiger partial charge in [0, 0.05) is 11.6 Å². The average molecular weight is 410 g/mol. The van der Waals surface area contributed by atoms with E-state index in [1.807, 2.05) is 13.0 Å². The molecule has 1 heterocycles. The Bertz CT molecular complexity index is 1140. The van der Waals surface area contributed by atoms with E-state index in [0.29, 0.717) is 12.0 Å². The highest BCUT2D eigenvalue weighted by atomic mass is 16.5. The third-order valence-corrected chi connectivity index (χ3v) is 5.23. The molecule has 0 atom stereocenters. The normalized spacial score (nSPS) is 14.1. The molecule has 1 aromatic carbocycles. The van der Waals surface area contributed by atoms with Gasteiger partial charge in [-0.1, -0.05) is 23.3 Å². The number of Topliss-reactive ketones (excluding diaryl/α,β-unsaturated/α-hetero) is 2. The van der Waals surface area contributed by atoms with E-state index in [9.17, 15) is 19.5 Å². The second-order valence-corrected chi connectivity index (χ2v) is 7.90. The molecule has 0 radical (unpaired) electrons. The number of ketones is 2. The van der Waals surface area contributed by atoms with Crippen LogP contribution in [-0.2, 0) is 17.6 Å². The lowest BCUT2D eigenvalue weighted by Crippen LogP contribution is -2.27. The number of phenolic OH excluding ortho intramolecular Hbond substituents is 1. The van der Waals surface area contributed by atoms with E-state index in [1.165, 1.54) is 18.7 Å². The molecule has 3 rings (SSSR count). The van der Waals surface area contributed by atoms with Gasteiger partial charge in [0.15, 0.2) is 17.3 Å². The highest BCUT2D eigenvalue weighted by Crippen LogP contribution is 2.37. The highest BCUT2D eigenvalue weighted by molar-refractivity contribution is 6.13. The van der Waals surface area contributed by atoms with Gasteiger partial charge in [-0.2, -0.15) is 0 Å². The minimum absolute atomic E-state index is 0.0673. The topological polar surface area (TPSA) is 93.8 Å². The van der Waals surface area contributed by atoms with Gasteiger partial charge in [-0.3, -0.25) is 14.4 Å². The number of aromatic hydroxyl groups is 1. The number of fused-ring (bicyclic) bond motifs is 2. The first kappa shape index (κ1) is 21.6. The van der Waals surface area contributed by atoms with Crippen molar-refractivity contribution in [2.75, 3.05) is 7.11 Å². The first-order valence-corrected chi connectivity index (χ1v) is 9.95. The maximum atomic E-state index is 13.2. The zero-order valence-corrected chi connectivity index (χ0v) is 17.8. The third kappa shape index (κ3) is 4.22. The Morgan fingerprint density at radius 2 is 1.90 bits per heavy atom. The van der Waals surface area contributed by atoms with Crippen LogP contribution >= 0.6 is 0 Å². The van der Waals surface area contributed by atoms with Crippen LogP contribution in [0.5, 0.6) is 11.5 Å². The van der Waals surface area contributed by atoms with Crippen molar-refractivity contribution in [2.24, 2.45) is 0 Å². The van der Waals surface area contributed by atoms with Gasteiger partial charge in [0.25, 0.3) is 0 Å². The summed E-state index contributed by atoms with van der Waals surface area (Å²) in [5, 5.41) is 10.6. The molecular weight excluding hydrogens is 384 g/mol. The molecule has 0 fully saturated rings. The Hall–Kier alpha value is -3.15. The number of ether oxygens (including phenoxy) is 1. The van der Waals surface area contributed by atoms with E-state index in [-0.39, 0.29) is 52.4 Å². The number of hydrogen-bond acceptors (Lipinski definition) is 6. The van der Waals surface area contributed by atoms with Crippen LogP contribution in [0.15, 0.2) is 38.6 Å². The monoisotopic (exact) mass is 410 g/mol. The van der Waals surface area contributed by atoms with Crippen molar-refractivity contribution >= 4 is 22.5 Å². The largest absolute Gasteiger partial charge is 0.504 e. The summed E-state index contributed by atoms with van der Waals surface area (Å²) in [7, 11) is 1.42. The van der Waals surface area contributed by atoms with Crippen LogP contribution in [0.4, 0.5) is 0 Å². The maximum Gasteiger partial charge on any atom is 0.204 e. The molecule has 6 nitrogen and oxygen atoms in total. The van der Waals surface area contributed by atoms with Gasteiger partial charge >= 0.3 is 0 Å². The number of benzene rings is 1. The summed E-state index contributed by atoms with van der Waals surface area (Å²) in [5.41, 5.74) is 2.46. The maximum absolute atomic E-state index is 13.2. The molecule has 6 heteroatoms. The lowest BCUT2D eigenvalue weighted by Gasteiger charge is -2.16. The van der Waals surface area contributed by atoms with E-state index in [0.717, 1.165) is 18.4 Å². The molecule has 1 aromatic heterocycles. The van der Waals surface area contributed by atoms with E-state index >= 15 is 0 Å². The highest BCUT2D eigenvalue weighted by Gasteiger charge is 2.30. The number of phenols is 1. The van der Waals surface area contributed by atoms with E-state index in [2.05, 4.69) is 19.9 Å². The van der Waals surface area contributed by atoms with Gasteiger partial charge in [-0.25, -0.2) is 0 Å². The minimum atomic E-state index is -0.525. The molecule has 158 valence electrons. The fraction of sp³-hybridized carbons (Fsp3) is 0.375. The van der Waals surface area contributed by atoms with Crippen molar-refractivity contribution < 1.29 is 23.8 Å². The number of carbonyl (C=O) groups excluding carboxylic acids is 2. The summed E-state index contributed by atoms with van der Waals surface area (Å²) < 4.78 is 11.1. The molecule has 1 aliphatic rings. The number of allylic oxidation sites excluding steroid dienone is 4. The van der Waals surface area contributed by atoms with Crippen molar-refractivity contribution in [1.82, 2.24) is 0 Å². The van der Waals surface area contributed by atoms with Crippen LogP contribution < -0.4 is 10.2 Å². The van der Waals surface area contributed by atoms with Crippen LogP contribution in [0.3, 0.4) is 0 Å². The molecule has 1 aliphatic carbocycles. The van der Waals surface area contributed by atoms with Gasteiger partial charge in [0.2, 0.25) is 5.43 Å². The van der Waals surface area contributed by atoms with Gasteiger partial charge in [-0.05, 0) is 40.0 Å². The van der Waals surface area contributed by atoms with E-state index in [4.69, 9.17) is 9.15 Å². The predicted octanol–water partition coefficient (Wildman–Crippen LogP) is 4.44. The second kappa shape index (κ2) is 8.69. The summed E-state index contributed by atoms with van der Waals surface area (Å²) in [6, 6.07) is 1.30. The van der Waals surface area contributed by atoms with Gasteiger partial charge < -0.3 is 14.3 Å². The standard InChI is InChI=1S/C24H26O6/c1-13(2)6-5-7-14(3)8-9-16-21-20(12-18(27)24(16)29-4)30-19-11-15(25)10-17(26)22(19)23(21)28/h6,8,12,27H,5,7,9-11H2,1-4H3. The van der Waals surface area contributed by atoms with E-state index < -0.39 is 11.2 Å². The molecular formula is C24H26O6. The number of rotatable bonds is 6. The zero-order valence-electron chi connectivity index (χ0n) is 17.8. The van der Waals surface area contributed by atoms with Crippen LogP contribution in [0, 0.1) is 0 Å². The summed E-state index contributed by atoms with van der Waals surface area (Å²) >= 11 is 0. The summed E-state index contributed by atoms with van der Waals surface area (Å²) in [6.45, 7) is 6.12. The molecule has 0 aliphatic heterocycles. The molecule has 30 heavy (non-hydrogen) atoms. The third-order valence-electron chi connectivity index (χ3n) is 5.23. The van der Waals surface area contributed by atoms with Crippen LogP contribution in [-0.4, -0.2) is 23.8 Å². The molecule has 0 bridgehead atoms. The number of hydrogen-bond donors (Lipinski definition) is 1. The lowest BCUT2D eigenvalue weighted by molar-refractivity contribution is -0.118. The molecule has 0 saturated carbocycles. The van der Waals surface area contributed by atoms with Crippen LogP contribution in [0.1, 0.15) is 61.7 Å². The molecule has 2 aromatic rings. The summed E-state index contributed by atoms with van der Waals surface area (Å²) in [6.07, 6.45) is 5.88. The minimum Gasteiger partial charge on any atom is -0.504 e. The van der Waals surface area contributed by atoms with Gasteiger partial charge in [0.1, 0.15) is 22.7 Å². The SMILES string of the molecule is COc1c(O)cc2oc3c(c(=O)c2c1CC=C(C)CCC=C(C)C)C(=O)CC(=O)C3. The second-order valence-electron chi connectivity index (χ2n) is 7.90. The fourth-order valence-electron chi connectivity index (χ4n) is 3.75. The first-order chi connectivity index (χ1) is 14.2. The molecule has 0 spiro atoms. The summed E-state index contributed by atoms with van der Waals surface area (Å²) in [5.74, 6) is -0.724. The van der Waals surface area contributed by atoms with Crippen molar-refractivity contribution in [3.63, 3.8) is 0 Å². The molecule has 0 amide bonds. The quantitative estimate of drug-likeness (QED) is 0.559. The Balaban J connectivity index is 2.13. The Morgan fingerprint density at radius 1 is 1.17 bits per heavy atom. The smallest absolute Gasteiger partial charge is 0.204 e. The Labute approximate surface area is 174 Å². The van der Waals surface area contributed by atoms with Gasteiger partial charge in [0.05, 0.1) is 25.3 Å². The average Bonchev–Trinajstić information content (AvgIpc) is 2.64. The van der Waals surface area contributed by atoms with Crippen molar-refractivity contribution in [2.45, 2.75) is 52.9 Å². The van der Waals surface area contributed by atoms with E-state index in [1.54, 1.807) is 0 Å². The molecule has 0 saturated heterocycles.